The van der Waals surface area contributed by atoms with Crippen LogP contribution in [0.25, 0.3) is 10.8 Å². The molecule has 0 radical (unpaired) electrons. The predicted octanol–water partition coefficient (Wildman–Crippen LogP) is 4.19. The van der Waals surface area contributed by atoms with Gasteiger partial charge in [0.25, 0.3) is 0 Å². The van der Waals surface area contributed by atoms with Crippen LogP contribution in [0.15, 0.2) is 57.4 Å². The Balaban J connectivity index is 2.11. The number of nitrogens with zero attached hydrogens (tertiary/aromatic N) is 1. The molecule has 106 valence electrons. The van der Waals surface area contributed by atoms with Gasteiger partial charge < -0.3 is 9.52 Å². The quantitative estimate of drug-likeness (QED) is 0.569. The average molecular weight is 348 g/mol. The highest BCUT2D eigenvalue weighted by Gasteiger charge is 2.21. The Morgan fingerprint density at radius 1 is 1.10 bits per heavy atom. The summed E-state index contributed by atoms with van der Waals surface area (Å²) in [5.74, 6) is -0.236. The van der Waals surface area contributed by atoms with Crippen LogP contribution >= 0.6 is 15.9 Å². The SMILES string of the molecule is O=[N+]([O-])c1ccc(C(O)c2ccc(Br)c3ccccc23)o1. The van der Waals surface area contributed by atoms with Crippen LogP contribution in [0, 0.1) is 10.1 Å². The van der Waals surface area contributed by atoms with Gasteiger partial charge in [0.15, 0.2) is 0 Å². The average Bonchev–Trinajstić information content (AvgIpc) is 2.97. The number of fused-ring (bicyclic) bond motifs is 1. The molecule has 1 aromatic heterocycles. The van der Waals surface area contributed by atoms with Crippen LogP contribution in [0.5, 0.6) is 0 Å². The molecular formula is C15H10BrNO4. The molecule has 0 amide bonds. The van der Waals surface area contributed by atoms with E-state index in [4.69, 9.17) is 4.42 Å². The molecule has 0 fully saturated rings. The second-order valence-electron chi connectivity index (χ2n) is 4.52. The van der Waals surface area contributed by atoms with Gasteiger partial charge in [-0.15, -0.1) is 0 Å². The normalized spacial score (nSPS) is 12.5. The van der Waals surface area contributed by atoms with Crippen molar-refractivity contribution in [3.8, 4) is 0 Å². The number of halogens is 1. The van der Waals surface area contributed by atoms with Crippen LogP contribution in [-0.4, -0.2) is 10.0 Å². The Morgan fingerprint density at radius 3 is 2.48 bits per heavy atom. The summed E-state index contributed by atoms with van der Waals surface area (Å²) >= 11 is 3.47. The molecular weight excluding hydrogens is 338 g/mol. The van der Waals surface area contributed by atoms with Gasteiger partial charge in [-0.1, -0.05) is 46.3 Å². The van der Waals surface area contributed by atoms with Gasteiger partial charge >= 0.3 is 5.88 Å². The summed E-state index contributed by atoms with van der Waals surface area (Å²) in [5, 5.41) is 22.9. The lowest BCUT2D eigenvalue weighted by atomic mass is 9.99. The lowest BCUT2D eigenvalue weighted by molar-refractivity contribution is -0.402. The van der Waals surface area contributed by atoms with E-state index in [1.54, 1.807) is 6.07 Å². The molecule has 0 saturated carbocycles. The highest BCUT2D eigenvalue weighted by molar-refractivity contribution is 9.10. The molecule has 0 aliphatic heterocycles. The molecule has 0 aliphatic rings. The van der Waals surface area contributed by atoms with Gasteiger partial charge in [0.2, 0.25) is 0 Å². The van der Waals surface area contributed by atoms with Gasteiger partial charge in [0.05, 0.1) is 6.07 Å². The largest absolute Gasteiger partial charge is 0.433 e. The highest BCUT2D eigenvalue weighted by atomic mass is 79.9. The lowest BCUT2D eigenvalue weighted by Crippen LogP contribution is -1.99. The molecule has 0 spiro atoms. The molecule has 1 N–H and O–H groups in total. The maximum Gasteiger partial charge on any atom is 0.433 e. The van der Waals surface area contributed by atoms with Crippen LogP contribution < -0.4 is 0 Å². The van der Waals surface area contributed by atoms with E-state index in [0.717, 1.165) is 15.2 Å². The van der Waals surface area contributed by atoms with E-state index in [0.29, 0.717) is 5.56 Å². The Labute approximate surface area is 128 Å². The summed E-state index contributed by atoms with van der Waals surface area (Å²) in [6, 6.07) is 13.8. The molecule has 1 unspecified atom stereocenters. The fraction of sp³-hybridized carbons (Fsp3) is 0.0667. The predicted molar refractivity (Wildman–Crippen MR) is 81.1 cm³/mol. The third-order valence-electron chi connectivity index (χ3n) is 3.26. The van der Waals surface area contributed by atoms with Gasteiger partial charge in [-0.3, -0.25) is 10.1 Å². The second kappa shape index (κ2) is 5.31. The minimum atomic E-state index is -1.06. The zero-order valence-corrected chi connectivity index (χ0v) is 12.3. The summed E-state index contributed by atoms with van der Waals surface area (Å²) in [6.07, 6.45) is -1.06. The van der Waals surface area contributed by atoms with E-state index in [1.807, 2.05) is 30.3 Å². The van der Waals surface area contributed by atoms with Crippen molar-refractivity contribution in [1.29, 1.82) is 0 Å². The maximum absolute atomic E-state index is 10.7. The van der Waals surface area contributed by atoms with E-state index in [9.17, 15) is 15.2 Å². The standard InChI is InChI=1S/C15H10BrNO4/c16-12-6-5-11(9-3-1-2-4-10(9)12)15(18)13-7-8-14(21-13)17(19)20/h1-8,15,18H. The summed E-state index contributed by atoms with van der Waals surface area (Å²) < 4.78 is 6.00. The molecule has 2 aromatic carbocycles. The van der Waals surface area contributed by atoms with E-state index < -0.39 is 11.0 Å². The van der Waals surface area contributed by atoms with Crippen molar-refractivity contribution in [3.05, 3.63) is 74.4 Å². The number of aliphatic hydroxyl groups is 1. The molecule has 6 heteroatoms. The zero-order chi connectivity index (χ0) is 15.0. The topological polar surface area (TPSA) is 76.5 Å². The summed E-state index contributed by atoms with van der Waals surface area (Å²) in [6.45, 7) is 0. The molecule has 21 heavy (non-hydrogen) atoms. The van der Waals surface area contributed by atoms with Crippen molar-refractivity contribution in [3.63, 3.8) is 0 Å². The number of furan rings is 1. The number of hydrogen-bond acceptors (Lipinski definition) is 4. The van der Waals surface area contributed by atoms with E-state index in [-0.39, 0.29) is 11.6 Å². The van der Waals surface area contributed by atoms with Crippen molar-refractivity contribution < 1.29 is 14.4 Å². The van der Waals surface area contributed by atoms with Gasteiger partial charge in [0, 0.05) is 4.47 Å². The number of nitro groups is 1. The fourth-order valence-corrected chi connectivity index (χ4v) is 2.74. The molecule has 1 heterocycles. The van der Waals surface area contributed by atoms with Gasteiger partial charge in [-0.25, -0.2) is 0 Å². The molecule has 0 bridgehead atoms. The maximum atomic E-state index is 10.7. The van der Waals surface area contributed by atoms with Crippen LogP contribution in [0.2, 0.25) is 0 Å². The van der Waals surface area contributed by atoms with Crippen molar-refractivity contribution in [2.75, 3.05) is 0 Å². The van der Waals surface area contributed by atoms with Crippen LogP contribution in [0.3, 0.4) is 0 Å². The smallest absolute Gasteiger partial charge is 0.403 e. The number of rotatable bonds is 3. The van der Waals surface area contributed by atoms with Crippen LogP contribution in [-0.2, 0) is 0 Å². The molecule has 3 rings (SSSR count). The van der Waals surface area contributed by atoms with Crippen molar-refractivity contribution in [1.82, 2.24) is 0 Å². The number of aliphatic hydroxyl groups excluding tert-OH is 1. The second-order valence-corrected chi connectivity index (χ2v) is 5.37. The Bertz CT molecular complexity index is 827. The first-order chi connectivity index (χ1) is 10.1. The van der Waals surface area contributed by atoms with Crippen molar-refractivity contribution in [2.24, 2.45) is 0 Å². The minimum absolute atomic E-state index is 0.147. The van der Waals surface area contributed by atoms with Crippen LogP contribution in [0.1, 0.15) is 17.4 Å². The lowest BCUT2D eigenvalue weighted by Gasteiger charge is -2.12. The third-order valence-corrected chi connectivity index (χ3v) is 3.95. The minimum Gasteiger partial charge on any atom is -0.403 e. The third kappa shape index (κ3) is 2.43. The fourth-order valence-electron chi connectivity index (χ4n) is 2.26. The van der Waals surface area contributed by atoms with E-state index in [2.05, 4.69) is 15.9 Å². The zero-order valence-electron chi connectivity index (χ0n) is 10.7. The number of hydrogen-bond donors (Lipinski definition) is 1. The molecule has 3 aromatic rings. The van der Waals surface area contributed by atoms with Gasteiger partial charge in [-0.05, 0) is 28.5 Å². The Morgan fingerprint density at radius 2 is 1.81 bits per heavy atom. The first-order valence-electron chi connectivity index (χ1n) is 6.17. The molecule has 5 nitrogen and oxygen atoms in total. The van der Waals surface area contributed by atoms with Gasteiger partial charge in [-0.2, -0.15) is 0 Å². The van der Waals surface area contributed by atoms with Crippen molar-refractivity contribution >= 4 is 32.6 Å². The molecule has 1 atom stereocenters. The summed E-state index contributed by atoms with van der Waals surface area (Å²) in [5.41, 5.74) is 0.637. The van der Waals surface area contributed by atoms with Crippen molar-refractivity contribution in [2.45, 2.75) is 6.10 Å². The number of benzene rings is 2. The summed E-state index contributed by atoms with van der Waals surface area (Å²) in [7, 11) is 0. The van der Waals surface area contributed by atoms with E-state index >= 15 is 0 Å². The Hall–Kier alpha value is -2.18. The Kier molecular flexibility index (Phi) is 3.48. The van der Waals surface area contributed by atoms with E-state index in [1.165, 1.54) is 12.1 Å². The monoisotopic (exact) mass is 347 g/mol. The van der Waals surface area contributed by atoms with Gasteiger partial charge in [0.1, 0.15) is 16.8 Å². The van der Waals surface area contributed by atoms with Crippen LogP contribution in [0.4, 0.5) is 5.88 Å². The first-order valence-corrected chi connectivity index (χ1v) is 6.96. The molecule has 0 aliphatic carbocycles. The summed E-state index contributed by atoms with van der Waals surface area (Å²) in [4.78, 5) is 10.0. The first kappa shape index (κ1) is 13.8. The highest BCUT2D eigenvalue weighted by Crippen LogP contribution is 2.34. The molecule has 0 saturated heterocycles.